The molecule has 134 valence electrons. The van der Waals surface area contributed by atoms with Gasteiger partial charge in [-0.15, -0.1) is 11.6 Å². The number of carbonyl (C=O) groups is 3. The number of halogens is 5. The second-order valence-corrected chi connectivity index (χ2v) is 6.97. The molecular weight excluding hydrogens is 405 g/mol. The lowest BCUT2D eigenvalue weighted by Crippen LogP contribution is -2.64. The highest BCUT2D eigenvalue weighted by molar-refractivity contribution is 9.10. The van der Waals surface area contributed by atoms with Crippen molar-refractivity contribution in [3.05, 3.63) is 0 Å². The summed E-state index contributed by atoms with van der Waals surface area (Å²) in [7, 11) is 0. The van der Waals surface area contributed by atoms with Crippen molar-refractivity contribution < 1.29 is 27.6 Å². The fraction of sp³-hybridized carbons (Fsp3) is 0.769. The number of hydrogen-bond acceptors (Lipinski definition) is 3. The third-order valence-corrected chi connectivity index (χ3v) is 4.40. The number of barbiturate groups is 1. The van der Waals surface area contributed by atoms with Crippen LogP contribution in [0.2, 0.25) is 0 Å². The topological polar surface area (TPSA) is 75.3 Å². The number of hydrogen-bond donors (Lipinski definition) is 2. The van der Waals surface area contributed by atoms with Crippen LogP contribution in [0.25, 0.3) is 0 Å². The predicted octanol–water partition coefficient (Wildman–Crippen LogP) is 3.69. The monoisotopic (exact) mass is 422 g/mol. The maximum Gasteiger partial charge on any atom is 0.414 e. The number of alkyl halides is 5. The fourth-order valence-corrected chi connectivity index (χ4v) is 2.36. The van der Waals surface area contributed by atoms with Crippen LogP contribution in [-0.4, -0.2) is 28.3 Å². The van der Waals surface area contributed by atoms with Gasteiger partial charge in [-0.1, -0.05) is 43.1 Å². The van der Waals surface area contributed by atoms with Crippen molar-refractivity contribution in [1.29, 1.82) is 0 Å². The van der Waals surface area contributed by atoms with E-state index < -0.39 is 33.7 Å². The molecule has 0 spiro atoms. The largest absolute Gasteiger partial charge is 0.414 e. The van der Waals surface area contributed by atoms with Crippen LogP contribution in [0.4, 0.5) is 18.0 Å². The Labute approximate surface area is 145 Å². The highest BCUT2D eigenvalue weighted by Crippen LogP contribution is 2.36. The summed E-state index contributed by atoms with van der Waals surface area (Å²) in [6, 6.07) is -0.720. The minimum Gasteiger partial charge on any atom is -0.277 e. The van der Waals surface area contributed by atoms with Crippen molar-refractivity contribution in [1.82, 2.24) is 10.6 Å². The van der Waals surface area contributed by atoms with Gasteiger partial charge in [0.25, 0.3) is 0 Å². The van der Waals surface area contributed by atoms with Crippen LogP contribution in [0.3, 0.4) is 0 Å². The molecule has 0 aliphatic carbocycles. The Kier molecular flexibility index (Phi) is 8.54. The maximum absolute atomic E-state index is 11.9. The molecule has 2 atom stereocenters. The Morgan fingerprint density at radius 3 is 1.83 bits per heavy atom. The molecule has 0 aromatic carbocycles. The lowest BCUT2D eigenvalue weighted by atomic mass is 9.70. The summed E-state index contributed by atoms with van der Waals surface area (Å²) in [6.07, 6.45) is -2.24. The summed E-state index contributed by atoms with van der Waals surface area (Å²) in [4.78, 5) is 34.8. The van der Waals surface area contributed by atoms with Crippen molar-refractivity contribution >= 4 is 45.4 Å². The summed E-state index contributed by atoms with van der Waals surface area (Å²) >= 11 is 6.68. The summed E-state index contributed by atoms with van der Waals surface area (Å²) < 4.78 is 31.1. The van der Waals surface area contributed by atoms with Crippen molar-refractivity contribution in [3.63, 3.8) is 0 Å². The lowest BCUT2D eigenvalue weighted by molar-refractivity contribution is -0.148. The van der Waals surface area contributed by atoms with Crippen LogP contribution >= 0.6 is 27.5 Å². The molecule has 2 unspecified atom stereocenters. The van der Waals surface area contributed by atoms with Gasteiger partial charge in [-0.05, 0) is 18.8 Å². The summed E-state index contributed by atoms with van der Waals surface area (Å²) in [5.41, 5.74) is -1.09. The molecule has 0 aromatic rings. The van der Waals surface area contributed by atoms with E-state index in [0.717, 1.165) is 12.8 Å². The Bertz CT molecular complexity index is 438. The first-order valence-electron chi connectivity index (χ1n) is 6.95. The fourth-order valence-electron chi connectivity index (χ4n) is 2.36. The number of imide groups is 2. The smallest absolute Gasteiger partial charge is 0.277 e. The highest BCUT2D eigenvalue weighted by atomic mass is 79.9. The van der Waals surface area contributed by atoms with E-state index in [1.807, 2.05) is 13.8 Å². The zero-order valence-corrected chi connectivity index (χ0v) is 15.2. The SMILES string of the molecule is CCCC(C)C1(CC)C(=O)NC(=O)NC1=O.FC(F)(F)C(Cl)Br. The number of carbonyl (C=O) groups excluding carboxylic acids is 3. The molecule has 5 nitrogen and oxygen atoms in total. The van der Waals surface area contributed by atoms with Gasteiger partial charge < -0.3 is 0 Å². The van der Waals surface area contributed by atoms with Gasteiger partial charge in [-0.2, -0.15) is 13.2 Å². The van der Waals surface area contributed by atoms with E-state index in [9.17, 15) is 27.6 Å². The Balaban J connectivity index is 0.000000585. The summed E-state index contributed by atoms with van der Waals surface area (Å²) in [6.45, 7) is 5.67. The third-order valence-electron chi connectivity index (χ3n) is 3.63. The first-order chi connectivity index (χ1) is 10.4. The molecule has 23 heavy (non-hydrogen) atoms. The van der Waals surface area contributed by atoms with Gasteiger partial charge in [-0.3, -0.25) is 20.2 Å². The van der Waals surface area contributed by atoms with E-state index in [-0.39, 0.29) is 5.92 Å². The second kappa shape index (κ2) is 8.86. The van der Waals surface area contributed by atoms with E-state index in [4.69, 9.17) is 0 Å². The average molecular weight is 424 g/mol. The van der Waals surface area contributed by atoms with Crippen LogP contribution in [-0.2, 0) is 9.59 Å². The zero-order chi connectivity index (χ0) is 18.4. The Morgan fingerprint density at radius 2 is 1.57 bits per heavy atom. The maximum atomic E-state index is 11.9. The lowest BCUT2D eigenvalue weighted by Gasteiger charge is -2.37. The molecule has 0 saturated carbocycles. The first kappa shape index (κ1) is 22.2. The molecule has 1 aliphatic rings. The minimum absolute atomic E-state index is 0.0735. The minimum atomic E-state index is -4.32. The first-order valence-corrected chi connectivity index (χ1v) is 8.30. The molecule has 1 aliphatic heterocycles. The van der Waals surface area contributed by atoms with Crippen LogP contribution < -0.4 is 10.6 Å². The molecule has 4 amide bonds. The standard InChI is InChI=1S/C11H18N2O3.C2HBrClF3/c1-4-6-7(3)11(5-2)8(14)12-10(16)13-9(11)15;3-1(4)2(5,6)7/h7H,4-6H2,1-3H3,(H2,12,13,14,15,16);1H. The van der Waals surface area contributed by atoms with Crippen molar-refractivity contribution in [2.24, 2.45) is 11.3 Å². The van der Waals surface area contributed by atoms with E-state index in [0.29, 0.717) is 6.42 Å². The summed E-state index contributed by atoms with van der Waals surface area (Å²) in [5.74, 6) is -1.01. The van der Waals surface area contributed by atoms with Gasteiger partial charge in [0.2, 0.25) is 11.8 Å². The molecule has 0 bridgehead atoms. The molecule has 10 heteroatoms. The molecule has 1 rings (SSSR count). The molecule has 0 aromatic heterocycles. The van der Waals surface area contributed by atoms with Crippen LogP contribution in [0.1, 0.15) is 40.0 Å². The molecular formula is C13H19BrClF3N2O3. The van der Waals surface area contributed by atoms with Crippen molar-refractivity contribution in [3.8, 4) is 0 Å². The quantitative estimate of drug-likeness (QED) is 0.535. The van der Waals surface area contributed by atoms with Gasteiger partial charge in [-0.25, -0.2) is 4.79 Å². The van der Waals surface area contributed by atoms with Gasteiger partial charge in [0.1, 0.15) is 5.41 Å². The van der Waals surface area contributed by atoms with E-state index in [1.165, 1.54) is 0 Å². The van der Waals surface area contributed by atoms with Gasteiger partial charge >= 0.3 is 12.2 Å². The van der Waals surface area contributed by atoms with Gasteiger partial charge in [0.15, 0.2) is 4.29 Å². The van der Waals surface area contributed by atoms with Crippen molar-refractivity contribution in [2.75, 3.05) is 0 Å². The molecule has 2 N–H and O–H groups in total. The van der Waals surface area contributed by atoms with Crippen LogP contribution in [0.5, 0.6) is 0 Å². The molecule has 1 heterocycles. The van der Waals surface area contributed by atoms with Crippen LogP contribution in [0.15, 0.2) is 0 Å². The Morgan fingerprint density at radius 1 is 1.17 bits per heavy atom. The number of amides is 4. The predicted molar refractivity (Wildman–Crippen MR) is 83.1 cm³/mol. The van der Waals surface area contributed by atoms with E-state index >= 15 is 0 Å². The number of nitrogens with one attached hydrogen (secondary N) is 2. The van der Waals surface area contributed by atoms with Gasteiger partial charge in [0, 0.05) is 0 Å². The Hall–Kier alpha value is -0.830. The zero-order valence-electron chi connectivity index (χ0n) is 12.9. The third kappa shape index (κ3) is 5.63. The highest BCUT2D eigenvalue weighted by Gasteiger charge is 2.52. The van der Waals surface area contributed by atoms with E-state index in [1.54, 1.807) is 6.92 Å². The second-order valence-electron chi connectivity index (χ2n) is 5.09. The molecule has 0 radical (unpaired) electrons. The van der Waals surface area contributed by atoms with Gasteiger partial charge in [0.05, 0.1) is 0 Å². The van der Waals surface area contributed by atoms with E-state index in [2.05, 4.69) is 38.2 Å². The molecule has 1 saturated heterocycles. The van der Waals surface area contributed by atoms with Crippen LogP contribution in [0, 0.1) is 11.3 Å². The number of rotatable bonds is 4. The van der Waals surface area contributed by atoms with Crippen molar-refractivity contribution in [2.45, 2.75) is 50.5 Å². The normalized spacial score (nSPS) is 19.9. The number of urea groups is 1. The average Bonchev–Trinajstić information content (AvgIpc) is 2.38. The molecule has 1 fully saturated rings. The summed E-state index contributed by atoms with van der Waals surface area (Å²) in [5, 5.41) is 4.36.